The lowest BCUT2D eigenvalue weighted by Crippen LogP contribution is -2.02. The van der Waals surface area contributed by atoms with Gasteiger partial charge in [-0.3, -0.25) is 0 Å². The lowest BCUT2D eigenvalue weighted by Gasteiger charge is -2.07. The van der Waals surface area contributed by atoms with Gasteiger partial charge in [0.2, 0.25) is 0 Å². The van der Waals surface area contributed by atoms with Crippen molar-refractivity contribution in [1.29, 1.82) is 0 Å². The summed E-state index contributed by atoms with van der Waals surface area (Å²) in [5.74, 6) is 0.813. The molecule has 0 unspecified atom stereocenters. The van der Waals surface area contributed by atoms with E-state index in [1.54, 1.807) is 6.92 Å². The monoisotopic (exact) mass is 404 g/mol. The minimum atomic E-state index is -0.541. The number of esters is 1. The smallest absolute Gasteiger partial charge is 0.348 e. The summed E-state index contributed by atoms with van der Waals surface area (Å²) in [6, 6.07) is 15.3. The second-order valence-corrected chi connectivity index (χ2v) is 7.20. The van der Waals surface area contributed by atoms with E-state index >= 15 is 0 Å². The van der Waals surface area contributed by atoms with Gasteiger partial charge in [-0.1, -0.05) is 35.4 Å². The molecule has 0 amide bonds. The van der Waals surface area contributed by atoms with Crippen molar-refractivity contribution in [1.82, 2.24) is 4.98 Å². The fraction of sp³-hybridized carbons (Fsp3) is 0.143. The normalized spacial score (nSPS) is 10.7. The predicted molar refractivity (Wildman–Crippen MR) is 112 cm³/mol. The molecule has 0 bridgehead atoms. The number of rotatable bonds is 5. The first kappa shape index (κ1) is 18.7. The number of fused-ring (bicyclic) bond motifs is 1. The highest BCUT2D eigenvalue weighted by atomic mass is 32.1. The molecule has 0 saturated heterocycles. The van der Waals surface area contributed by atoms with Crippen LogP contribution in [0.25, 0.3) is 43.2 Å². The Bertz CT molecular complexity index is 1250. The highest BCUT2D eigenvalue weighted by molar-refractivity contribution is 7.21. The van der Waals surface area contributed by atoms with Crippen LogP contribution in [-0.2, 0) is 4.74 Å². The number of aromatic nitrogens is 1. The maximum absolute atomic E-state index is 12.5. The Morgan fingerprint density at radius 1 is 1.28 bits per heavy atom. The van der Waals surface area contributed by atoms with Gasteiger partial charge in [0.05, 0.1) is 18.0 Å². The molecular weight excluding hydrogens is 388 g/mol. The molecule has 0 atom stereocenters. The average molecular weight is 404 g/mol. The third kappa shape index (κ3) is 3.47. The van der Waals surface area contributed by atoms with Crippen LogP contribution in [0.3, 0.4) is 0 Å². The first-order chi connectivity index (χ1) is 14.1. The molecule has 0 N–H and O–H groups in total. The summed E-state index contributed by atoms with van der Waals surface area (Å²) in [7, 11) is 0. The van der Waals surface area contributed by atoms with Crippen molar-refractivity contribution in [3.05, 3.63) is 69.6 Å². The lowest BCUT2D eigenvalue weighted by atomic mass is 10.0. The van der Waals surface area contributed by atoms with E-state index in [-0.39, 0.29) is 17.2 Å². The van der Waals surface area contributed by atoms with Gasteiger partial charge in [-0.05, 0) is 37.6 Å². The number of hydrogen-bond acceptors (Lipinski definition) is 6. The molecule has 4 rings (SSSR count). The van der Waals surface area contributed by atoms with Gasteiger partial charge in [0, 0.05) is 21.4 Å². The van der Waals surface area contributed by atoms with E-state index in [0.717, 1.165) is 28.4 Å². The molecule has 0 aliphatic heterocycles. The van der Waals surface area contributed by atoms with Crippen molar-refractivity contribution in [2.45, 2.75) is 13.8 Å². The number of aryl methyl sites for hydroxylation is 1. The van der Waals surface area contributed by atoms with Crippen LogP contribution in [0.15, 0.2) is 58.1 Å². The Morgan fingerprint density at radius 2 is 2.07 bits per heavy atom. The Balaban J connectivity index is 2.07. The summed E-state index contributed by atoms with van der Waals surface area (Å²) >= 11 is 1.14. The van der Waals surface area contributed by atoms with Gasteiger partial charge in [0.1, 0.15) is 21.2 Å². The fourth-order valence-corrected chi connectivity index (χ4v) is 4.12. The molecule has 1 aromatic carbocycles. The number of furan rings is 1. The minimum absolute atomic E-state index is 0.210. The van der Waals surface area contributed by atoms with Crippen LogP contribution in [0, 0.1) is 6.92 Å². The molecule has 0 radical (unpaired) electrons. The number of nitrogens with zero attached hydrogens (tertiary/aromatic N) is 4. The fourth-order valence-electron chi connectivity index (χ4n) is 3.09. The van der Waals surface area contributed by atoms with E-state index in [4.69, 9.17) is 19.7 Å². The van der Waals surface area contributed by atoms with Crippen molar-refractivity contribution in [2.75, 3.05) is 6.61 Å². The Morgan fingerprint density at radius 3 is 2.72 bits per heavy atom. The average Bonchev–Trinajstić information content (AvgIpc) is 3.32. The van der Waals surface area contributed by atoms with Crippen LogP contribution in [-0.4, -0.2) is 17.6 Å². The third-order valence-electron chi connectivity index (χ3n) is 4.32. The Kier molecular flexibility index (Phi) is 5.03. The van der Waals surface area contributed by atoms with E-state index in [0.29, 0.717) is 21.5 Å². The van der Waals surface area contributed by atoms with E-state index in [2.05, 4.69) is 10.0 Å². The number of pyridine rings is 1. The molecule has 0 saturated carbocycles. The zero-order valence-corrected chi connectivity index (χ0v) is 16.6. The summed E-state index contributed by atoms with van der Waals surface area (Å²) in [4.78, 5) is 20.9. The molecule has 144 valence electrons. The highest BCUT2D eigenvalue weighted by Crippen LogP contribution is 2.44. The molecular formula is C21H16N4O3S. The summed E-state index contributed by atoms with van der Waals surface area (Å²) in [6.45, 7) is 3.79. The Hall–Kier alpha value is -3.61. The molecule has 4 aromatic rings. The topological polar surface area (TPSA) is 101 Å². The molecule has 3 aromatic heterocycles. The van der Waals surface area contributed by atoms with E-state index in [1.807, 2.05) is 55.5 Å². The van der Waals surface area contributed by atoms with E-state index in [1.165, 1.54) is 0 Å². The van der Waals surface area contributed by atoms with Gasteiger partial charge in [0.25, 0.3) is 0 Å². The van der Waals surface area contributed by atoms with Crippen LogP contribution in [0.2, 0.25) is 0 Å². The van der Waals surface area contributed by atoms with Gasteiger partial charge in [-0.2, -0.15) is 0 Å². The molecule has 8 heteroatoms. The Labute approximate surface area is 170 Å². The molecule has 0 aliphatic carbocycles. The number of benzene rings is 1. The highest BCUT2D eigenvalue weighted by Gasteiger charge is 2.24. The van der Waals surface area contributed by atoms with E-state index in [9.17, 15) is 4.79 Å². The largest absolute Gasteiger partial charge is 0.462 e. The molecule has 3 heterocycles. The number of hydrogen-bond donors (Lipinski definition) is 0. The quantitative estimate of drug-likeness (QED) is 0.161. The molecule has 0 aliphatic rings. The van der Waals surface area contributed by atoms with Crippen molar-refractivity contribution in [3.8, 4) is 22.6 Å². The zero-order valence-electron chi connectivity index (χ0n) is 15.7. The van der Waals surface area contributed by atoms with Gasteiger partial charge in [0.15, 0.2) is 0 Å². The molecule has 7 nitrogen and oxygen atoms in total. The maximum atomic E-state index is 12.5. The second-order valence-electron chi connectivity index (χ2n) is 6.20. The summed E-state index contributed by atoms with van der Waals surface area (Å²) in [6.07, 6.45) is 0. The van der Waals surface area contributed by atoms with Gasteiger partial charge < -0.3 is 9.15 Å². The first-order valence-corrected chi connectivity index (χ1v) is 9.76. The SMILES string of the molecule is CCOC(=O)c1sc2nc(-c3ccccc3)cc(-c3ccc(C)o3)c2c1N=[N+]=[N-]. The number of ether oxygens (including phenoxy) is 1. The number of carbonyl (C=O) groups excluding carboxylic acids is 1. The summed E-state index contributed by atoms with van der Waals surface area (Å²) < 4.78 is 11.0. The summed E-state index contributed by atoms with van der Waals surface area (Å²) in [5.41, 5.74) is 11.7. The first-order valence-electron chi connectivity index (χ1n) is 8.94. The van der Waals surface area contributed by atoms with Crippen LogP contribution in [0.5, 0.6) is 0 Å². The van der Waals surface area contributed by atoms with Crippen LogP contribution in [0.1, 0.15) is 22.4 Å². The van der Waals surface area contributed by atoms with Gasteiger partial charge in [-0.25, -0.2) is 9.78 Å². The van der Waals surface area contributed by atoms with E-state index < -0.39 is 5.97 Å². The maximum Gasteiger partial charge on any atom is 0.348 e. The van der Waals surface area contributed by atoms with Gasteiger partial charge >= 0.3 is 5.97 Å². The van der Waals surface area contributed by atoms with Crippen molar-refractivity contribution in [3.63, 3.8) is 0 Å². The molecule has 0 fully saturated rings. The summed E-state index contributed by atoms with van der Waals surface area (Å²) in [5, 5.41) is 4.38. The lowest BCUT2D eigenvalue weighted by molar-refractivity contribution is 0.0533. The van der Waals surface area contributed by atoms with Crippen molar-refractivity contribution >= 4 is 33.2 Å². The van der Waals surface area contributed by atoms with Crippen LogP contribution in [0.4, 0.5) is 5.69 Å². The number of thiophene rings is 1. The molecule has 29 heavy (non-hydrogen) atoms. The number of azide groups is 1. The van der Waals surface area contributed by atoms with Crippen molar-refractivity contribution < 1.29 is 13.9 Å². The van der Waals surface area contributed by atoms with Crippen LogP contribution < -0.4 is 0 Å². The standard InChI is InChI=1S/C21H16N4O3S/c1-3-27-21(26)19-18(24-25-22)17-14(16-10-9-12(2)28-16)11-15(23-20(17)29-19)13-7-5-4-6-8-13/h4-11H,3H2,1-2H3. The minimum Gasteiger partial charge on any atom is -0.462 e. The third-order valence-corrected chi connectivity index (χ3v) is 5.37. The van der Waals surface area contributed by atoms with Crippen LogP contribution >= 0.6 is 11.3 Å². The van der Waals surface area contributed by atoms with Crippen molar-refractivity contribution in [2.24, 2.45) is 5.11 Å². The molecule has 0 spiro atoms. The zero-order chi connectivity index (χ0) is 20.4. The van der Waals surface area contributed by atoms with Gasteiger partial charge in [-0.15, -0.1) is 11.3 Å². The second kappa shape index (κ2) is 7.79. The number of carbonyl (C=O) groups is 1. The predicted octanol–water partition coefficient (Wildman–Crippen LogP) is 6.65.